The summed E-state index contributed by atoms with van der Waals surface area (Å²) in [4.78, 5) is 4.91. The normalized spacial score (nSPS) is 10.2. The van der Waals surface area contributed by atoms with Crippen molar-refractivity contribution in [3.05, 3.63) is 24.0 Å². The molecule has 0 amide bonds. The van der Waals surface area contributed by atoms with E-state index in [9.17, 15) is 5.21 Å². The quantitative estimate of drug-likeness (QED) is 0.451. The number of hydrogen-bond donors (Lipinski definition) is 1. The van der Waals surface area contributed by atoms with Crippen molar-refractivity contribution in [1.82, 2.24) is 9.83 Å². The van der Waals surface area contributed by atoms with Gasteiger partial charge in [-0.3, -0.25) is 0 Å². The summed E-state index contributed by atoms with van der Waals surface area (Å²) in [7, 11) is 1.60. The maximum atomic E-state index is 9.50. The fourth-order valence-electron chi connectivity index (χ4n) is 1.28. The molecule has 0 aliphatic heterocycles. The van der Waals surface area contributed by atoms with E-state index in [1.54, 1.807) is 25.4 Å². The molecular formula is C8H7N4O+. The van der Waals surface area contributed by atoms with Crippen LogP contribution in [0.5, 0.6) is 0 Å². The monoisotopic (exact) mass is 175 g/mol. The Labute approximate surface area is 74.0 Å². The highest BCUT2D eigenvalue weighted by Crippen LogP contribution is 2.10. The third-order valence-corrected chi connectivity index (χ3v) is 1.94. The summed E-state index contributed by atoms with van der Waals surface area (Å²) in [5.74, 6) is 0. The Kier molecular flexibility index (Phi) is 1.43. The van der Waals surface area contributed by atoms with Crippen molar-refractivity contribution >= 4 is 11.0 Å². The molecule has 0 fully saturated rings. The van der Waals surface area contributed by atoms with Gasteiger partial charge in [-0.15, -0.1) is 0 Å². The van der Waals surface area contributed by atoms with Gasteiger partial charge in [0.1, 0.15) is 0 Å². The first-order valence-electron chi connectivity index (χ1n) is 3.71. The molecule has 0 spiro atoms. The van der Waals surface area contributed by atoms with E-state index in [0.717, 1.165) is 4.85 Å². The van der Waals surface area contributed by atoms with Gasteiger partial charge in [0.05, 0.1) is 0 Å². The van der Waals surface area contributed by atoms with Gasteiger partial charge in [0, 0.05) is 11.0 Å². The Morgan fingerprint density at radius 3 is 3.15 bits per heavy atom. The molecule has 1 N–H and O–H groups in total. The standard InChI is InChI=1S/C8H7N4O/c1-11-7(5-9)8-6(12(11)13)3-2-4-10-8/h2-4,13H,1H3/q+1. The average Bonchev–Trinajstić information content (AvgIpc) is 2.41. The van der Waals surface area contributed by atoms with Crippen molar-refractivity contribution in [1.29, 1.82) is 5.26 Å². The van der Waals surface area contributed by atoms with Crippen LogP contribution in [0.25, 0.3) is 11.0 Å². The van der Waals surface area contributed by atoms with E-state index in [1.807, 2.05) is 6.07 Å². The zero-order chi connectivity index (χ0) is 9.42. The minimum Gasteiger partial charge on any atom is -0.383 e. The smallest absolute Gasteiger partial charge is 0.337 e. The first-order chi connectivity index (χ1) is 6.25. The lowest BCUT2D eigenvalue weighted by Gasteiger charge is -1.86. The predicted molar refractivity (Wildman–Crippen MR) is 42.8 cm³/mol. The fraction of sp³-hybridized carbons (Fsp3) is 0.125. The van der Waals surface area contributed by atoms with Crippen LogP contribution in [0.15, 0.2) is 18.3 Å². The zero-order valence-corrected chi connectivity index (χ0v) is 6.97. The van der Waals surface area contributed by atoms with E-state index < -0.39 is 0 Å². The average molecular weight is 175 g/mol. The molecule has 0 saturated heterocycles. The van der Waals surface area contributed by atoms with E-state index in [0.29, 0.717) is 16.7 Å². The van der Waals surface area contributed by atoms with Crippen LogP contribution in [0.4, 0.5) is 0 Å². The molecule has 0 bridgehead atoms. The third kappa shape index (κ3) is 0.856. The number of aromatic nitrogens is 3. The molecule has 0 unspecified atom stereocenters. The van der Waals surface area contributed by atoms with Crippen molar-refractivity contribution in [2.75, 3.05) is 0 Å². The number of pyridine rings is 1. The maximum Gasteiger partial charge on any atom is 0.337 e. The topological polar surface area (TPSA) is 65.7 Å². The van der Waals surface area contributed by atoms with Gasteiger partial charge >= 0.3 is 5.69 Å². The molecule has 2 heterocycles. The molecular weight excluding hydrogens is 168 g/mol. The Morgan fingerprint density at radius 1 is 1.69 bits per heavy atom. The molecule has 2 aromatic heterocycles. The molecule has 2 rings (SSSR count). The van der Waals surface area contributed by atoms with Crippen LogP contribution < -0.4 is 4.68 Å². The van der Waals surface area contributed by atoms with Crippen molar-refractivity contribution in [3.63, 3.8) is 0 Å². The minimum absolute atomic E-state index is 0.345. The molecule has 13 heavy (non-hydrogen) atoms. The van der Waals surface area contributed by atoms with E-state index in [4.69, 9.17) is 5.26 Å². The van der Waals surface area contributed by atoms with Crippen LogP contribution in [-0.4, -0.2) is 15.0 Å². The van der Waals surface area contributed by atoms with E-state index in [-0.39, 0.29) is 0 Å². The number of hydrogen-bond acceptors (Lipinski definition) is 3. The summed E-state index contributed by atoms with van der Waals surface area (Å²) in [6.45, 7) is 0. The van der Waals surface area contributed by atoms with Gasteiger partial charge in [-0.05, 0) is 12.1 Å². The fourth-order valence-corrected chi connectivity index (χ4v) is 1.28. The predicted octanol–water partition coefficient (Wildman–Crippen LogP) is -0.0302. The largest absolute Gasteiger partial charge is 0.383 e. The Balaban J connectivity index is 3.00. The van der Waals surface area contributed by atoms with E-state index in [2.05, 4.69) is 4.98 Å². The highest BCUT2D eigenvalue weighted by atomic mass is 16.5. The lowest BCUT2D eigenvalue weighted by atomic mass is 10.3. The van der Waals surface area contributed by atoms with Crippen LogP contribution in [-0.2, 0) is 7.05 Å². The van der Waals surface area contributed by atoms with Crippen LogP contribution in [0.3, 0.4) is 0 Å². The van der Waals surface area contributed by atoms with Crippen molar-refractivity contribution < 1.29 is 9.89 Å². The Bertz CT molecular complexity index is 509. The summed E-state index contributed by atoms with van der Waals surface area (Å²) >= 11 is 0. The minimum atomic E-state index is 0.345. The zero-order valence-electron chi connectivity index (χ0n) is 6.97. The van der Waals surface area contributed by atoms with Crippen molar-refractivity contribution in [2.45, 2.75) is 0 Å². The van der Waals surface area contributed by atoms with Crippen molar-refractivity contribution in [2.24, 2.45) is 7.05 Å². The highest BCUT2D eigenvalue weighted by molar-refractivity contribution is 5.77. The van der Waals surface area contributed by atoms with Gasteiger partial charge in [-0.1, -0.05) is 4.68 Å². The number of fused-ring (bicyclic) bond motifs is 1. The molecule has 2 aromatic rings. The second-order valence-corrected chi connectivity index (χ2v) is 2.64. The summed E-state index contributed by atoms with van der Waals surface area (Å²) < 4.78 is 1.34. The van der Waals surface area contributed by atoms with Gasteiger partial charge in [-0.25, -0.2) is 4.98 Å². The van der Waals surface area contributed by atoms with Crippen LogP contribution in [0.2, 0.25) is 0 Å². The highest BCUT2D eigenvalue weighted by Gasteiger charge is 2.21. The molecule has 5 heteroatoms. The molecule has 0 atom stereocenters. The van der Waals surface area contributed by atoms with Crippen LogP contribution >= 0.6 is 0 Å². The van der Waals surface area contributed by atoms with Crippen LogP contribution in [0, 0.1) is 11.3 Å². The van der Waals surface area contributed by atoms with Gasteiger partial charge < -0.3 is 5.21 Å². The lowest BCUT2D eigenvalue weighted by molar-refractivity contribution is -0.779. The first kappa shape index (κ1) is 7.55. The second-order valence-electron chi connectivity index (χ2n) is 2.64. The second kappa shape index (κ2) is 2.45. The summed E-state index contributed by atoms with van der Waals surface area (Å²) in [6, 6.07) is 5.38. The molecule has 64 valence electrons. The third-order valence-electron chi connectivity index (χ3n) is 1.94. The van der Waals surface area contributed by atoms with E-state index in [1.165, 1.54) is 4.68 Å². The molecule has 0 aliphatic carbocycles. The number of rotatable bonds is 0. The molecule has 5 nitrogen and oxygen atoms in total. The number of nitriles is 1. The van der Waals surface area contributed by atoms with Gasteiger partial charge in [0.25, 0.3) is 0 Å². The van der Waals surface area contributed by atoms with Gasteiger partial charge in [-0.2, -0.15) is 5.26 Å². The van der Waals surface area contributed by atoms with E-state index >= 15 is 0 Å². The Morgan fingerprint density at radius 2 is 2.46 bits per heavy atom. The molecule has 0 aliphatic rings. The van der Waals surface area contributed by atoms with Crippen LogP contribution in [0.1, 0.15) is 5.69 Å². The summed E-state index contributed by atoms with van der Waals surface area (Å²) in [6.07, 6.45) is 1.59. The maximum absolute atomic E-state index is 9.50. The van der Waals surface area contributed by atoms with Crippen molar-refractivity contribution in [3.8, 4) is 6.07 Å². The first-order valence-corrected chi connectivity index (χ1v) is 3.71. The number of nitrogens with zero attached hydrogens (tertiary/aromatic N) is 4. The SMILES string of the molecule is C[n+]1c(C#N)c2ncccc2n1O. The Hall–Kier alpha value is -2.09. The summed E-state index contributed by atoms with van der Waals surface area (Å²) in [5, 5.41) is 18.3. The van der Waals surface area contributed by atoms with Gasteiger partial charge in [0.15, 0.2) is 24.2 Å². The molecule has 0 aromatic carbocycles. The summed E-state index contributed by atoms with van der Waals surface area (Å²) in [5.41, 5.74) is 1.38. The lowest BCUT2D eigenvalue weighted by Crippen LogP contribution is -2.40. The molecule has 0 saturated carbocycles. The van der Waals surface area contributed by atoms with Gasteiger partial charge in [0.2, 0.25) is 0 Å². The molecule has 0 radical (unpaired) electrons.